The smallest absolute Gasteiger partial charge is 0.328 e. The fourth-order valence-corrected chi connectivity index (χ4v) is 3.36. The van der Waals surface area contributed by atoms with Crippen molar-refractivity contribution < 1.29 is 14.7 Å². The maximum Gasteiger partial charge on any atom is 0.328 e. The van der Waals surface area contributed by atoms with Crippen molar-refractivity contribution in [1.29, 1.82) is 0 Å². The first-order valence-electron chi connectivity index (χ1n) is 7.30. The number of hydrogen-bond acceptors (Lipinski definition) is 3. The van der Waals surface area contributed by atoms with E-state index in [1.165, 1.54) is 31.5 Å². The second kappa shape index (κ2) is 5.68. The maximum absolute atomic E-state index is 12.4. The van der Waals surface area contributed by atoms with Crippen LogP contribution in [0.15, 0.2) is 24.4 Å². The third-order valence-corrected chi connectivity index (χ3v) is 4.44. The van der Waals surface area contributed by atoms with E-state index in [4.69, 9.17) is 5.11 Å². The monoisotopic (exact) mass is 286 g/mol. The molecule has 2 atom stereocenters. The van der Waals surface area contributed by atoms with Gasteiger partial charge in [0.25, 0.3) is 5.91 Å². The molecule has 0 radical (unpaired) electrons. The molecule has 0 aromatic carbocycles. The zero-order valence-corrected chi connectivity index (χ0v) is 11.7. The summed E-state index contributed by atoms with van der Waals surface area (Å²) in [5.74, 6) is 0.329. The number of pyridine rings is 1. The maximum atomic E-state index is 12.4. The lowest BCUT2D eigenvalue weighted by Gasteiger charge is -2.16. The summed E-state index contributed by atoms with van der Waals surface area (Å²) in [6, 6.07) is 3.38. The van der Waals surface area contributed by atoms with Crippen molar-refractivity contribution >= 4 is 18.0 Å². The molecule has 1 aromatic rings. The van der Waals surface area contributed by atoms with Gasteiger partial charge in [0.05, 0.1) is 0 Å². The fraction of sp³-hybridized carbons (Fsp3) is 0.438. The van der Waals surface area contributed by atoms with Crippen molar-refractivity contribution in [3.05, 3.63) is 35.7 Å². The number of carbonyl (C=O) groups excluding carboxylic acids is 1. The molecular weight excluding hydrogens is 268 g/mol. The third kappa shape index (κ3) is 2.96. The van der Waals surface area contributed by atoms with Crippen molar-refractivity contribution in [3.8, 4) is 0 Å². The van der Waals surface area contributed by atoms with Crippen LogP contribution in [-0.4, -0.2) is 40.0 Å². The van der Waals surface area contributed by atoms with Crippen LogP contribution >= 0.6 is 0 Å². The molecule has 2 unspecified atom stereocenters. The lowest BCUT2D eigenvalue weighted by molar-refractivity contribution is -0.131. The SMILES string of the molecule is O=C(O)/C=C/c1ccc(C(=O)N2CC3CCCC3C2)nc1. The van der Waals surface area contributed by atoms with E-state index in [1.807, 2.05) is 4.90 Å². The highest BCUT2D eigenvalue weighted by Crippen LogP contribution is 2.38. The van der Waals surface area contributed by atoms with Gasteiger partial charge in [0.1, 0.15) is 5.69 Å². The zero-order valence-electron chi connectivity index (χ0n) is 11.7. The van der Waals surface area contributed by atoms with Crippen LogP contribution in [0.4, 0.5) is 0 Å². The highest BCUT2D eigenvalue weighted by molar-refractivity contribution is 5.92. The van der Waals surface area contributed by atoms with Gasteiger partial charge in [-0.25, -0.2) is 4.79 Å². The Kier molecular flexibility index (Phi) is 3.73. The highest BCUT2D eigenvalue weighted by atomic mass is 16.4. The predicted molar refractivity (Wildman–Crippen MR) is 77.6 cm³/mol. The molecule has 2 aliphatic rings. The molecule has 1 aliphatic heterocycles. The number of carbonyl (C=O) groups is 2. The summed E-state index contributed by atoms with van der Waals surface area (Å²) in [5.41, 5.74) is 1.11. The molecular formula is C16H18N2O3. The molecule has 1 saturated heterocycles. The topological polar surface area (TPSA) is 70.5 Å². The molecule has 1 aromatic heterocycles. The van der Waals surface area contributed by atoms with Gasteiger partial charge in [-0.1, -0.05) is 12.5 Å². The normalized spacial score (nSPS) is 24.5. The Morgan fingerprint density at radius 1 is 1.24 bits per heavy atom. The van der Waals surface area contributed by atoms with Gasteiger partial charge in [-0.05, 0) is 42.4 Å². The van der Waals surface area contributed by atoms with Gasteiger partial charge in [-0.15, -0.1) is 0 Å². The molecule has 21 heavy (non-hydrogen) atoms. The largest absolute Gasteiger partial charge is 0.478 e. The van der Waals surface area contributed by atoms with Gasteiger partial charge in [0, 0.05) is 25.4 Å². The molecule has 1 aliphatic carbocycles. The van der Waals surface area contributed by atoms with Gasteiger partial charge >= 0.3 is 5.97 Å². The van der Waals surface area contributed by atoms with Crippen molar-refractivity contribution in [2.24, 2.45) is 11.8 Å². The zero-order chi connectivity index (χ0) is 14.8. The molecule has 0 spiro atoms. The molecule has 2 heterocycles. The van der Waals surface area contributed by atoms with Crippen molar-refractivity contribution in [1.82, 2.24) is 9.88 Å². The van der Waals surface area contributed by atoms with Gasteiger partial charge in [-0.3, -0.25) is 9.78 Å². The number of fused-ring (bicyclic) bond motifs is 1. The van der Waals surface area contributed by atoms with E-state index in [1.54, 1.807) is 12.1 Å². The molecule has 1 amide bonds. The van der Waals surface area contributed by atoms with Crippen LogP contribution in [0, 0.1) is 11.8 Å². The molecule has 1 N–H and O–H groups in total. The molecule has 5 nitrogen and oxygen atoms in total. The molecule has 5 heteroatoms. The predicted octanol–water partition coefficient (Wildman–Crippen LogP) is 2.05. The number of carboxylic acid groups (broad SMARTS) is 1. The van der Waals surface area contributed by atoms with Gasteiger partial charge in [0.2, 0.25) is 0 Å². The second-order valence-corrected chi connectivity index (χ2v) is 5.81. The van der Waals surface area contributed by atoms with E-state index in [-0.39, 0.29) is 5.91 Å². The van der Waals surface area contributed by atoms with Crippen LogP contribution in [0.25, 0.3) is 6.08 Å². The number of nitrogens with zero attached hydrogens (tertiary/aromatic N) is 2. The first-order chi connectivity index (χ1) is 10.1. The lowest BCUT2D eigenvalue weighted by Crippen LogP contribution is -2.30. The Morgan fingerprint density at radius 2 is 1.95 bits per heavy atom. The first kappa shape index (κ1) is 13.8. The van der Waals surface area contributed by atoms with Crippen molar-refractivity contribution in [2.45, 2.75) is 19.3 Å². The summed E-state index contributed by atoms with van der Waals surface area (Å²) in [7, 11) is 0. The van der Waals surface area contributed by atoms with Crippen molar-refractivity contribution in [2.75, 3.05) is 13.1 Å². The van der Waals surface area contributed by atoms with E-state index < -0.39 is 5.97 Å². The molecule has 2 fully saturated rings. The minimum absolute atomic E-state index is 0.0156. The first-order valence-corrected chi connectivity index (χ1v) is 7.30. The van der Waals surface area contributed by atoms with Crippen LogP contribution in [0.5, 0.6) is 0 Å². The summed E-state index contributed by atoms with van der Waals surface area (Å²) in [5, 5.41) is 8.57. The summed E-state index contributed by atoms with van der Waals surface area (Å²) in [6.07, 6.45) is 7.81. The summed E-state index contributed by atoms with van der Waals surface area (Å²) in [6.45, 7) is 1.71. The fourth-order valence-electron chi connectivity index (χ4n) is 3.36. The molecule has 3 rings (SSSR count). The van der Waals surface area contributed by atoms with Crippen LogP contribution in [0.1, 0.15) is 35.3 Å². The number of hydrogen-bond donors (Lipinski definition) is 1. The Balaban J connectivity index is 1.66. The van der Waals surface area contributed by atoms with Crippen LogP contribution in [-0.2, 0) is 4.79 Å². The number of likely N-dealkylation sites (tertiary alicyclic amines) is 1. The Hall–Kier alpha value is -2.17. The Morgan fingerprint density at radius 3 is 2.52 bits per heavy atom. The van der Waals surface area contributed by atoms with Gasteiger partial charge < -0.3 is 10.0 Å². The molecule has 0 bridgehead atoms. The average Bonchev–Trinajstić information content (AvgIpc) is 3.06. The number of amides is 1. The number of aromatic nitrogens is 1. The molecule has 1 saturated carbocycles. The van der Waals surface area contributed by atoms with Crippen LogP contribution in [0.2, 0.25) is 0 Å². The van der Waals surface area contributed by atoms with E-state index >= 15 is 0 Å². The lowest BCUT2D eigenvalue weighted by atomic mass is 10.0. The minimum Gasteiger partial charge on any atom is -0.478 e. The highest BCUT2D eigenvalue weighted by Gasteiger charge is 2.38. The number of carboxylic acids is 1. The summed E-state index contributed by atoms with van der Waals surface area (Å²) in [4.78, 5) is 28.9. The number of aliphatic carboxylic acids is 1. The van der Waals surface area contributed by atoms with E-state index in [0.29, 0.717) is 23.1 Å². The Bertz CT molecular complexity index is 568. The van der Waals surface area contributed by atoms with Gasteiger partial charge in [0.15, 0.2) is 0 Å². The minimum atomic E-state index is -1.00. The van der Waals surface area contributed by atoms with Crippen LogP contribution in [0.3, 0.4) is 0 Å². The van der Waals surface area contributed by atoms with E-state index in [2.05, 4.69) is 4.98 Å². The van der Waals surface area contributed by atoms with Gasteiger partial charge in [-0.2, -0.15) is 0 Å². The van der Waals surface area contributed by atoms with Crippen LogP contribution < -0.4 is 0 Å². The van der Waals surface area contributed by atoms with E-state index in [0.717, 1.165) is 19.2 Å². The average molecular weight is 286 g/mol. The molecule has 110 valence electrons. The summed E-state index contributed by atoms with van der Waals surface area (Å²) >= 11 is 0. The summed E-state index contributed by atoms with van der Waals surface area (Å²) < 4.78 is 0. The standard InChI is InChI=1S/C16H18N2O3/c19-15(20)7-5-11-4-6-14(17-8-11)16(21)18-9-12-2-1-3-13(12)10-18/h4-8,12-13H,1-3,9-10H2,(H,19,20)/b7-5+. The number of rotatable bonds is 3. The second-order valence-electron chi connectivity index (χ2n) is 5.81. The quantitative estimate of drug-likeness (QED) is 0.863. The van der Waals surface area contributed by atoms with Crippen molar-refractivity contribution in [3.63, 3.8) is 0 Å². The third-order valence-electron chi connectivity index (χ3n) is 4.44. The van der Waals surface area contributed by atoms with E-state index in [9.17, 15) is 9.59 Å². The Labute approximate surface area is 123 Å².